The number of nitrogens with one attached hydrogen (secondary N) is 1. The molecule has 0 spiro atoms. The zero-order valence-electron chi connectivity index (χ0n) is 14.2. The molecular formula is C14H24N6O3. The molecule has 2 aromatic heterocycles. The predicted octanol–water partition coefficient (Wildman–Crippen LogP) is -1.21. The maximum Gasteiger partial charge on any atom is 0.332 e. The van der Waals surface area contributed by atoms with Gasteiger partial charge in [0.15, 0.2) is 11.2 Å². The zero-order valence-corrected chi connectivity index (χ0v) is 14.2. The van der Waals surface area contributed by atoms with Crippen LogP contribution in [-0.2, 0) is 20.6 Å². The summed E-state index contributed by atoms with van der Waals surface area (Å²) in [7, 11) is 6.93. The fourth-order valence-corrected chi connectivity index (χ4v) is 2.41. The standard InChI is InChI=1S/C14H24N6O3/c1-9(21)8-20-10-11(16-13(20)15-6-7-17(2)3)18(4)14(23)19(5)12(10)22/h9,21H,6-8H2,1-5H3,(H,15,16)/t9-/m1/s1. The van der Waals surface area contributed by atoms with Crippen molar-refractivity contribution in [2.24, 2.45) is 14.1 Å². The number of nitrogens with zero attached hydrogens (tertiary/aromatic N) is 5. The van der Waals surface area contributed by atoms with Gasteiger partial charge in [-0.25, -0.2) is 4.79 Å². The lowest BCUT2D eigenvalue weighted by Crippen LogP contribution is -2.37. The molecule has 0 aliphatic rings. The van der Waals surface area contributed by atoms with E-state index < -0.39 is 17.4 Å². The normalized spacial score (nSPS) is 13.0. The van der Waals surface area contributed by atoms with Crippen molar-refractivity contribution in [2.75, 3.05) is 32.5 Å². The Morgan fingerprint density at radius 1 is 1.26 bits per heavy atom. The second-order valence-electron chi connectivity index (χ2n) is 6.00. The fourth-order valence-electron chi connectivity index (χ4n) is 2.41. The van der Waals surface area contributed by atoms with E-state index in [2.05, 4.69) is 10.3 Å². The van der Waals surface area contributed by atoms with Crippen molar-refractivity contribution in [1.29, 1.82) is 0 Å². The van der Waals surface area contributed by atoms with Gasteiger partial charge >= 0.3 is 5.69 Å². The number of rotatable bonds is 6. The molecule has 2 N–H and O–H groups in total. The predicted molar refractivity (Wildman–Crippen MR) is 88.9 cm³/mol. The van der Waals surface area contributed by atoms with Crippen LogP contribution in [-0.4, -0.2) is 62.0 Å². The smallest absolute Gasteiger partial charge is 0.332 e. The molecule has 0 amide bonds. The molecule has 2 heterocycles. The lowest BCUT2D eigenvalue weighted by Gasteiger charge is -2.14. The van der Waals surface area contributed by atoms with Crippen LogP contribution in [0.15, 0.2) is 9.59 Å². The third-order valence-electron chi connectivity index (χ3n) is 3.64. The van der Waals surface area contributed by atoms with Gasteiger partial charge < -0.3 is 19.9 Å². The highest BCUT2D eigenvalue weighted by molar-refractivity contribution is 5.74. The fraction of sp³-hybridized carbons (Fsp3) is 0.643. The molecule has 128 valence electrons. The Kier molecular flexibility index (Phi) is 4.90. The van der Waals surface area contributed by atoms with Crippen LogP contribution in [0, 0.1) is 0 Å². The van der Waals surface area contributed by atoms with Gasteiger partial charge in [0.1, 0.15) is 0 Å². The molecule has 23 heavy (non-hydrogen) atoms. The van der Waals surface area contributed by atoms with Crippen molar-refractivity contribution >= 4 is 17.1 Å². The van der Waals surface area contributed by atoms with Crippen molar-refractivity contribution < 1.29 is 5.11 Å². The molecular weight excluding hydrogens is 300 g/mol. The molecule has 1 atom stereocenters. The largest absolute Gasteiger partial charge is 0.392 e. The number of aromatic nitrogens is 4. The number of hydrogen-bond donors (Lipinski definition) is 2. The molecule has 0 radical (unpaired) electrons. The Hall–Kier alpha value is -2.13. The van der Waals surface area contributed by atoms with Crippen molar-refractivity contribution in [3.05, 3.63) is 20.8 Å². The van der Waals surface area contributed by atoms with E-state index in [-0.39, 0.29) is 6.54 Å². The van der Waals surface area contributed by atoms with E-state index >= 15 is 0 Å². The summed E-state index contributed by atoms with van der Waals surface area (Å²) in [6, 6.07) is 0. The lowest BCUT2D eigenvalue weighted by molar-refractivity contribution is 0.175. The van der Waals surface area contributed by atoms with Crippen LogP contribution in [0.3, 0.4) is 0 Å². The van der Waals surface area contributed by atoms with Gasteiger partial charge in [0, 0.05) is 27.2 Å². The minimum atomic E-state index is -0.649. The Balaban J connectivity index is 2.62. The van der Waals surface area contributed by atoms with E-state index in [1.165, 1.54) is 11.6 Å². The first-order chi connectivity index (χ1) is 10.7. The first kappa shape index (κ1) is 17.2. The van der Waals surface area contributed by atoms with Crippen molar-refractivity contribution in [2.45, 2.75) is 19.6 Å². The number of hydrogen-bond acceptors (Lipinski definition) is 6. The van der Waals surface area contributed by atoms with E-state index in [1.54, 1.807) is 18.5 Å². The SMILES string of the molecule is C[C@@H](O)Cn1c(NCCN(C)C)nc2c1c(=O)n(C)c(=O)n2C. The van der Waals surface area contributed by atoms with Gasteiger partial charge in [0.2, 0.25) is 5.95 Å². The average Bonchev–Trinajstić information content (AvgIpc) is 2.81. The van der Waals surface area contributed by atoms with Crippen LogP contribution in [0.5, 0.6) is 0 Å². The Morgan fingerprint density at radius 3 is 2.48 bits per heavy atom. The third-order valence-corrected chi connectivity index (χ3v) is 3.64. The number of anilines is 1. The van der Waals surface area contributed by atoms with E-state index in [0.29, 0.717) is 23.7 Å². The molecule has 2 rings (SSSR count). The molecule has 9 nitrogen and oxygen atoms in total. The second kappa shape index (κ2) is 6.55. The van der Waals surface area contributed by atoms with E-state index in [4.69, 9.17) is 0 Å². The highest BCUT2D eigenvalue weighted by Crippen LogP contribution is 2.16. The van der Waals surface area contributed by atoms with Gasteiger partial charge in [0.05, 0.1) is 12.6 Å². The molecule has 0 bridgehead atoms. The molecule has 0 aliphatic carbocycles. The first-order valence-electron chi connectivity index (χ1n) is 7.47. The maximum absolute atomic E-state index is 12.5. The second-order valence-corrected chi connectivity index (χ2v) is 6.00. The maximum atomic E-state index is 12.5. The van der Waals surface area contributed by atoms with Crippen molar-refractivity contribution in [1.82, 2.24) is 23.6 Å². The molecule has 0 fully saturated rings. The monoisotopic (exact) mass is 324 g/mol. The van der Waals surface area contributed by atoms with Gasteiger partial charge in [-0.3, -0.25) is 13.9 Å². The molecule has 2 aromatic rings. The number of aliphatic hydroxyl groups excluding tert-OH is 1. The lowest BCUT2D eigenvalue weighted by atomic mass is 10.4. The van der Waals surface area contributed by atoms with Crippen LogP contribution in [0.25, 0.3) is 11.2 Å². The highest BCUT2D eigenvalue weighted by Gasteiger charge is 2.19. The van der Waals surface area contributed by atoms with Crippen LogP contribution in [0.1, 0.15) is 6.92 Å². The molecule has 0 saturated heterocycles. The van der Waals surface area contributed by atoms with Crippen molar-refractivity contribution in [3.63, 3.8) is 0 Å². The Morgan fingerprint density at radius 2 is 1.91 bits per heavy atom. The molecule has 0 saturated carbocycles. The summed E-state index contributed by atoms with van der Waals surface area (Å²) in [5.74, 6) is 0.473. The summed E-state index contributed by atoms with van der Waals surface area (Å²) in [5, 5.41) is 12.9. The van der Waals surface area contributed by atoms with Gasteiger partial charge in [-0.05, 0) is 21.0 Å². The summed E-state index contributed by atoms with van der Waals surface area (Å²) < 4.78 is 4.02. The summed E-state index contributed by atoms with van der Waals surface area (Å²) >= 11 is 0. The van der Waals surface area contributed by atoms with E-state index in [1.807, 2.05) is 19.0 Å². The number of aliphatic hydroxyl groups is 1. The summed E-state index contributed by atoms with van der Waals surface area (Å²) in [6.45, 7) is 3.27. The Bertz CT molecular complexity index is 814. The van der Waals surface area contributed by atoms with Crippen LogP contribution in [0.2, 0.25) is 0 Å². The molecule has 0 aromatic carbocycles. The summed E-state index contributed by atoms with van der Waals surface area (Å²) in [6.07, 6.45) is -0.649. The van der Waals surface area contributed by atoms with Gasteiger partial charge in [0.25, 0.3) is 5.56 Å². The number of likely N-dealkylation sites (N-methyl/N-ethyl adjacent to an activating group) is 1. The third kappa shape index (κ3) is 3.30. The molecule has 0 aliphatic heterocycles. The number of fused-ring (bicyclic) bond motifs is 1. The van der Waals surface area contributed by atoms with Crippen molar-refractivity contribution in [3.8, 4) is 0 Å². The van der Waals surface area contributed by atoms with Crippen LogP contribution in [0.4, 0.5) is 5.95 Å². The number of imidazole rings is 1. The van der Waals surface area contributed by atoms with E-state index in [0.717, 1.165) is 11.1 Å². The number of aryl methyl sites for hydroxylation is 1. The molecule has 0 unspecified atom stereocenters. The van der Waals surface area contributed by atoms with Gasteiger partial charge in [-0.2, -0.15) is 4.98 Å². The minimum absolute atomic E-state index is 0.217. The van der Waals surface area contributed by atoms with Gasteiger partial charge in [-0.15, -0.1) is 0 Å². The quantitative estimate of drug-likeness (QED) is 0.692. The topological polar surface area (TPSA) is 97.3 Å². The average molecular weight is 324 g/mol. The van der Waals surface area contributed by atoms with E-state index in [9.17, 15) is 14.7 Å². The summed E-state index contributed by atoms with van der Waals surface area (Å²) in [5.41, 5.74) is -0.227. The van der Waals surface area contributed by atoms with Gasteiger partial charge in [-0.1, -0.05) is 0 Å². The highest BCUT2D eigenvalue weighted by atomic mass is 16.3. The van der Waals surface area contributed by atoms with Crippen LogP contribution < -0.4 is 16.6 Å². The summed E-state index contributed by atoms with van der Waals surface area (Å²) in [4.78, 5) is 30.9. The Labute approximate surface area is 133 Å². The molecule has 9 heteroatoms. The first-order valence-corrected chi connectivity index (χ1v) is 7.47. The zero-order chi connectivity index (χ0) is 17.3. The van der Waals surface area contributed by atoms with Crippen LogP contribution >= 0.6 is 0 Å². The minimum Gasteiger partial charge on any atom is -0.392 e.